The Labute approximate surface area is 93.0 Å². The molecule has 2 aromatic rings. The molecule has 0 atom stereocenters. The van der Waals surface area contributed by atoms with Gasteiger partial charge in [-0.2, -0.15) is 5.26 Å². The molecule has 0 aliphatic heterocycles. The van der Waals surface area contributed by atoms with Crippen LogP contribution in [0.1, 0.15) is 11.1 Å². The smallest absolute Gasteiger partial charge is 0.142 e. The van der Waals surface area contributed by atoms with E-state index in [0.717, 1.165) is 16.7 Å². The van der Waals surface area contributed by atoms with E-state index >= 15 is 0 Å². The van der Waals surface area contributed by atoms with Crippen LogP contribution in [-0.4, -0.2) is 4.98 Å². The quantitative estimate of drug-likeness (QED) is 0.728. The predicted octanol–water partition coefficient (Wildman–Crippen LogP) is 3.07. The van der Waals surface area contributed by atoms with Gasteiger partial charge in [0, 0.05) is 11.8 Å². The van der Waals surface area contributed by atoms with Gasteiger partial charge in [0.25, 0.3) is 0 Å². The summed E-state index contributed by atoms with van der Waals surface area (Å²) in [6, 6.07) is 8.80. The molecular formula is C13H9FN2. The van der Waals surface area contributed by atoms with Crippen LogP contribution in [0.4, 0.5) is 4.39 Å². The van der Waals surface area contributed by atoms with Crippen LogP contribution in [0.25, 0.3) is 11.1 Å². The van der Waals surface area contributed by atoms with Gasteiger partial charge >= 0.3 is 0 Å². The van der Waals surface area contributed by atoms with E-state index in [2.05, 4.69) is 11.1 Å². The van der Waals surface area contributed by atoms with Gasteiger partial charge in [0.2, 0.25) is 0 Å². The van der Waals surface area contributed by atoms with Crippen molar-refractivity contribution in [1.29, 1.82) is 5.26 Å². The molecular weight excluding hydrogens is 203 g/mol. The zero-order chi connectivity index (χ0) is 11.5. The van der Waals surface area contributed by atoms with Gasteiger partial charge in [0.15, 0.2) is 0 Å². The van der Waals surface area contributed by atoms with Crippen LogP contribution < -0.4 is 0 Å². The van der Waals surface area contributed by atoms with Gasteiger partial charge in [-0.15, -0.1) is 0 Å². The molecule has 0 aliphatic rings. The summed E-state index contributed by atoms with van der Waals surface area (Å²) in [5.74, 6) is -0.360. The fourth-order valence-electron chi connectivity index (χ4n) is 1.62. The van der Waals surface area contributed by atoms with Gasteiger partial charge in [-0.05, 0) is 36.2 Å². The van der Waals surface area contributed by atoms with Crippen LogP contribution in [0.2, 0.25) is 0 Å². The molecule has 0 fully saturated rings. The Morgan fingerprint density at radius 2 is 2.06 bits per heavy atom. The van der Waals surface area contributed by atoms with Gasteiger partial charge in [-0.1, -0.05) is 6.07 Å². The number of benzene rings is 1. The molecule has 2 nitrogen and oxygen atoms in total. The van der Waals surface area contributed by atoms with Crippen LogP contribution in [0.15, 0.2) is 36.7 Å². The molecule has 0 saturated heterocycles. The maximum Gasteiger partial charge on any atom is 0.142 e. The highest BCUT2D eigenvalue weighted by atomic mass is 19.1. The Kier molecular flexibility index (Phi) is 2.65. The third-order valence-electron chi connectivity index (χ3n) is 2.37. The first-order chi connectivity index (χ1) is 7.70. The van der Waals surface area contributed by atoms with E-state index in [9.17, 15) is 4.39 Å². The highest BCUT2D eigenvalue weighted by molar-refractivity contribution is 5.67. The average Bonchev–Trinajstić information content (AvgIpc) is 2.28. The van der Waals surface area contributed by atoms with Crippen molar-refractivity contribution in [3.63, 3.8) is 0 Å². The van der Waals surface area contributed by atoms with Crippen LogP contribution in [0.5, 0.6) is 0 Å². The minimum Gasteiger partial charge on any atom is -0.261 e. The lowest BCUT2D eigenvalue weighted by atomic mass is 10.00. The molecule has 0 radical (unpaired) electrons. The molecule has 1 aromatic carbocycles. The van der Waals surface area contributed by atoms with Crippen molar-refractivity contribution in [2.75, 3.05) is 0 Å². The molecule has 16 heavy (non-hydrogen) atoms. The zero-order valence-electron chi connectivity index (χ0n) is 8.74. The molecule has 78 valence electrons. The number of rotatable bonds is 1. The SMILES string of the molecule is Cc1cc(C#N)ccc1-c1cncc(F)c1. The lowest BCUT2D eigenvalue weighted by Crippen LogP contribution is -1.87. The first kappa shape index (κ1) is 10.3. The van der Waals surface area contributed by atoms with Crippen LogP contribution in [-0.2, 0) is 0 Å². The van der Waals surface area contributed by atoms with E-state index < -0.39 is 0 Å². The summed E-state index contributed by atoms with van der Waals surface area (Å²) in [5.41, 5.74) is 3.16. The Balaban J connectivity index is 2.53. The summed E-state index contributed by atoms with van der Waals surface area (Å²) >= 11 is 0. The van der Waals surface area contributed by atoms with Crippen LogP contribution >= 0.6 is 0 Å². The fourth-order valence-corrected chi connectivity index (χ4v) is 1.62. The number of halogens is 1. The lowest BCUT2D eigenvalue weighted by molar-refractivity contribution is 0.622. The molecule has 0 N–H and O–H groups in total. The third-order valence-corrected chi connectivity index (χ3v) is 2.37. The van der Waals surface area contributed by atoms with E-state index in [1.165, 1.54) is 12.3 Å². The fraction of sp³-hybridized carbons (Fsp3) is 0.0769. The number of pyridine rings is 1. The normalized spacial score (nSPS) is 9.81. The second-order valence-corrected chi connectivity index (χ2v) is 3.53. The van der Waals surface area contributed by atoms with Crippen molar-refractivity contribution in [3.8, 4) is 17.2 Å². The molecule has 3 heteroatoms. The molecule has 1 aromatic heterocycles. The van der Waals surface area contributed by atoms with Gasteiger partial charge in [0.05, 0.1) is 17.8 Å². The number of hydrogen-bond acceptors (Lipinski definition) is 2. The standard InChI is InChI=1S/C13H9FN2/c1-9-4-10(6-15)2-3-13(9)11-5-12(14)8-16-7-11/h2-5,7-8H,1H3. The summed E-state index contributed by atoms with van der Waals surface area (Å²) in [4.78, 5) is 3.80. The molecule has 1 heterocycles. The summed E-state index contributed by atoms with van der Waals surface area (Å²) < 4.78 is 13.0. The Hall–Kier alpha value is -2.21. The van der Waals surface area contributed by atoms with Crippen molar-refractivity contribution in [2.24, 2.45) is 0 Å². The largest absolute Gasteiger partial charge is 0.261 e. The van der Waals surface area contributed by atoms with Crippen molar-refractivity contribution in [3.05, 3.63) is 53.6 Å². The molecule has 0 spiro atoms. The van der Waals surface area contributed by atoms with Gasteiger partial charge in [-0.3, -0.25) is 4.98 Å². The van der Waals surface area contributed by atoms with E-state index in [-0.39, 0.29) is 5.82 Å². The van der Waals surface area contributed by atoms with Gasteiger partial charge in [0.1, 0.15) is 5.82 Å². The Morgan fingerprint density at radius 1 is 1.25 bits per heavy atom. The van der Waals surface area contributed by atoms with Crippen LogP contribution in [0, 0.1) is 24.1 Å². The summed E-state index contributed by atoms with van der Waals surface area (Å²) in [6.07, 6.45) is 2.78. The Morgan fingerprint density at radius 3 is 2.69 bits per heavy atom. The maximum atomic E-state index is 13.0. The number of hydrogen-bond donors (Lipinski definition) is 0. The Bertz CT molecular complexity index is 570. The minimum absolute atomic E-state index is 0.360. The molecule has 0 amide bonds. The summed E-state index contributed by atoms with van der Waals surface area (Å²) in [6.45, 7) is 1.89. The second kappa shape index (κ2) is 4.11. The topological polar surface area (TPSA) is 36.7 Å². The number of nitrogens with zero attached hydrogens (tertiary/aromatic N) is 2. The molecule has 0 unspecified atom stereocenters. The van der Waals surface area contributed by atoms with E-state index in [1.54, 1.807) is 18.3 Å². The molecule has 0 saturated carbocycles. The van der Waals surface area contributed by atoms with Gasteiger partial charge in [-0.25, -0.2) is 4.39 Å². The zero-order valence-corrected chi connectivity index (χ0v) is 8.74. The van der Waals surface area contributed by atoms with E-state index in [1.807, 2.05) is 13.0 Å². The lowest BCUT2D eigenvalue weighted by Gasteiger charge is -2.05. The highest BCUT2D eigenvalue weighted by Crippen LogP contribution is 2.23. The average molecular weight is 212 g/mol. The molecule has 0 bridgehead atoms. The maximum absolute atomic E-state index is 13.0. The van der Waals surface area contributed by atoms with E-state index in [4.69, 9.17) is 5.26 Å². The van der Waals surface area contributed by atoms with Crippen molar-refractivity contribution < 1.29 is 4.39 Å². The monoisotopic (exact) mass is 212 g/mol. The van der Waals surface area contributed by atoms with Crippen molar-refractivity contribution >= 4 is 0 Å². The van der Waals surface area contributed by atoms with Gasteiger partial charge < -0.3 is 0 Å². The first-order valence-electron chi connectivity index (χ1n) is 4.82. The van der Waals surface area contributed by atoms with Crippen molar-refractivity contribution in [1.82, 2.24) is 4.98 Å². The van der Waals surface area contributed by atoms with Crippen LogP contribution in [0.3, 0.4) is 0 Å². The minimum atomic E-state index is -0.360. The molecule has 2 rings (SSSR count). The molecule has 0 aliphatic carbocycles. The summed E-state index contributed by atoms with van der Waals surface area (Å²) in [7, 11) is 0. The second-order valence-electron chi connectivity index (χ2n) is 3.53. The third kappa shape index (κ3) is 1.91. The first-order valence-corrected chi connectivity index (χ1v) is 4.82. The number of aromatic nitrogens is 1. The predicted molar refractivity (Wildman–Crippen MR) is 59.1 cm³/mol. The number of nitriles is 1. The van der Waals surface area contributed by atoms with E-state index in [0.29, 0.717) is 5.56 Å². The number of aryl methyl sites for hydroxylation is 1. The highest BCUT2D eigenvalue weighted by Gasteiger charge is 2.04. The van der Waals surface area contributed by atoms with Crippen molar-refractivity contribution in [2.45, 2.75) is 6.92 Å². The summed E-state index contributed by atoms with van der Waals surface area (Å²) in [5, 5.41) is 8.75.